The number of thioether (sulfide) groups is 1. The van der Waals surface area contributed by atoms with Gasteiger partial charge in [-0.1, -0.05) is 31.2 Å². The molecule has 0 spiro atoms. The van der Waals surface area contributed by atoms with Crippen LogP contribution in [-0.4, -0.2) is 11.0 Å². The van der Waals surface area contributed by atoms with Gasteiger partial charge in [0.2, 0.25) is 0 Å². The van der Waals surface area contributed by atoms with Crippen molar-refractivity contribution < 1.29 is 0 Å². The molecule has 1 aliphatic rings. The molecule has 0 saturated heterocycles. The topological polar surface area (TPSA) is 0 Å². The molecule has 0 nitrogen and oxygen atoms in total. The molecule has 0 radical (unpaired) electrons. The van der Waals surface area contributed by atoms with Crippen LogP contribution >= 0.6 is 11.8 Å². The van der Waals surface area contributed by atoms with Crippen LogP contribution in [0.15, 0.2) is 24.3 Å². The van der Waals surface area contributed by atoms with Crippen molar-refractivity contribution in [2.45, 2.75) is 30.9 Å². The lowest BCUT2D eigenvalue weighted by molar-refractivity contribution is 0.551. The van der Waals surface area contributed by atoms with Crippen molar-refractivity contribution >= 4 is 11.8 Å². The molecular formula is C12H16S. The van der Waals surface area contributed by atoms with Gasteiger partial charge in [0, 0.05) is 4.75 Å². The molecule has 13 heavy (non-hydrogen) atoms. The lowest BCUT2D eigenvalue weighted by Crippen LogP contribution is -2.28. The molecule has 0 bridgehead atoms. The third-order valence-corrected chi connectivity index (χ3v) is 4.43. The van der Waals surface area contributed by atoms with Gasteiger partial charge in [0.05, 0.1) is 0 Å². The number of aryl methyl sites for hydroxylation is 1. The van der Waals surface area contributed by atoms with Crippen molar-refractivity contribution in [2.24, 2.45) is 0 Å². The first-order valence-corrected chi connectivity index (χ1v) is 6.08. The van der Waals surface area contributed by atoms with Crippen molar-refractivity contribution in [3.63, 3.8) is 0 Å². The van der Waals surface area contributed by atoms with E-state index in [0.29, 0.717) is 4.75 Å². The Morgan fingerprint density at radius 2 is 1.92 bits per heavy atom. The fourth-order valence-electron chi connectivity index (χ4n) is 2.04. The maximum atomic E-state index is 2.38. The van der Waals surface area contributed by atoms with Gasteiger partial charge in [-0.05, 0) is 36.6 Å². The highest BCUT2D eigenvalue weighted by Crippen LogP contribution is 2.36. The standard InChI is InChI=1S/C12H16S/c1-12(13-2)8-7-10-5-3-4-6-11(10)9-12/h3-6H,7-9H2,1-2H3. The van der Waals surface area contributed by atoms with Gasteiger partial charge in [0.1, 0.15) is 0 Å². The third kappa shape index (κ3) is 1.76. The molecule has 1 aromatic carbocycles. The molecule has 0 N–H and O–H groups in total. The van der Waals surface area contributed by atoms with E-state index in [2.05, 4.69) is 37.4 Å². The summed E-state index contributed by atoms with van der Waals surface area (Å²) >= 11 is 2.01. The fraction of sp³-hybridized carbons (Fsp3) is 0.500. The molecule has 1 atom stereocenters. The number of hydrogen-bond donors (Lipinski definition) is 0. The van der Waals surface area contributed by atoms with Crippen LogP contribution < -0.4 is 0 Å². The lowest BCUT2D eigenvalue weighted by Gasteiger charge is -2.33. The molecule has 0 heterocycles. The van der Waals surface area contributed by atoms with E-state index in [1.807, 2.05) is 11.8 Å². The quantitative estimate of drug-likeness (QED) is 0.658. The molecule has 0 aliphatic heterocycles. The van der Waals surface area contributed by atoms with Crippen LogP contribution in [0, 0.1) is 0 Å². The summed E-state index contributed by atoms with van der Waals surface area (Å²) in [4.78, 5) is 0. The second kappa shape index (κ2) is 3.38. The van der Waals surface area contributed by atoms with E-state index < -0.39 is 0 Å². The van der Waals surface area contributed by atoms with Crippen molar-refractivity contribution in [1.29, 1.82) is 0 Å². The number of fused-ring (bicyclic) bond motifs is 1. The Balaban J connectivity index is 2.29. The SMILES string of the molecule is CSC1(C)CCc2ccccc2C1. The van der Waals surface area contributed by atoms with Gasteiger partial charge < -0.3 is 0 Å². The Hall–Kier alpha value is -0.430. The van der Waals surface area contributed by atoms with E-state index in [1.54, 1.807) is 11.1 Å². The summed E-state index contributed by atoms with van der Waals surface area (Å²) in [6.07, 6.45) is 6.05. The zero-order valence-electron chi connectivity index (χ0n) is 8.34. The van der Waals surface area contributed by atoms with Crippen LogP contribution in [0.4, 0.5) is 0 Å². The number of hydrogen-bond acceptors (Lipinski definition) is 1. The lowest BCUT2D eigenvalue weighted by atomic mass is 9.84. The zero-order valence-corrected chi connectivity index (χ0v) is 9.16. The summed E-state index contributed by atoms with van der Waals surface area (Å²) in [5.74, 6) is 0. The molecule has 1 heteroatoms. The smallest absolute Gasteiger partial charge is 0.0172 e. The summed E-state index contributed by atoms with van der Waals surface area (Å²) in [6.45, 7) is 2.38. The Kier molecular flexibility index (Phi) is 2.37. The van der Waals surface area contributed by atoms with Gasteiger partial charge in [-0.3, -0.25) is 0 Å². The molecule has 70 valence electrons. The second-order valence-corrected chi connectivity index (χ2v) is 5.49. The Labute approximate surface area is 84.7 Å². The van der Waals surface area contributed by atoms with E-state index in [-0.39, 0.29) is 0 Å². The molecule has 0 fully saturated rings. The maximum Gasteiger partial charge on any atom is 0.0172 e. The Morgan fingerprint density at radius 1 is 1.23 bits per heavy atom. The maximum absolute atomic E-state index is 2.38. The Bertz CT molecular complexity index is 306. The van der Waals surface area contributed by atoms with E-state index in [9.17, 15) is 0 Å². The summed E-state index contributed by atoms with van der Waals surface area (Å²) in [5, 5.41) is 0. The summed E-state index contributed by atoms with van der Waals surface area (Å²) in [5.41, 5.74) is 3.12. The highest BCUT2D eigenvalue weighted by atomic mass is 32.2. The van der Waals surface area contributed by atoms with Crippen molar-refractivity contribution in [1.82, 2.24) is 0 Å². The summed E-state index contributed by atoms with van der Waals surface area (Å²) in [6, 6.07) is 8.86. The normalized spacial score (nSPS) is 26.9. The number of benzene rings is 1. The minimum absolute atomic E-state index is 0.481. The molecule has 0 aromatic heterocycles. The predicted molar refractivity (Wildman–Crippen MR) is 60.4 cm³/mol. The first-order valence-electron chi connectivity index (χ1n) is 4.85. The molecular weight excluding hydrogens is 176 g/mol. The van der Waals surface area contributed by atoms with Crippen molar-refractivity contribution in [3.05, 3.63) is 35.4 Å². The van der Waals surface area contributed by atoms with Gasteiger partial charge in [-0.2, -0.15) is 11.8 Å². The van der Waals surface area contributed by atoms with Gasteiger partial charge in [-0.15, -0.1) is 0 Å². The highest BCUT2D eigenvalue weighted by Gasteiger charge is 2.28. The van der Waals surface area contributed by atoms with Crippen molar-refractivity contribution in [3.8, 4) is 0 Å². The van der Waals surface area contributed by atoms with Crippen molar-refractivity contribution in [2.75, 3.05) is 6.26 Å². The molecule has 0 saturated carbocycles. The fourth-order valence-corrected chi connectivity index (χ4v) is 2.64. The molecule has 2 rings (SSSR count). The van der Waals surface area contributed by atoms with Crippen LogP contribution in [0.25, 0.3) is 0 Å². The first kappa shape index (κ1) is 9.14. The summed E-state index contributed by atoms with van der Waals surface area (Å²) in [7, 11) is 0. The van der Waals surface area contributed by atoms with Gasteiger partial charge in [0.15, 0.2) is 0 Å². The first-order chi connectivity index (χ1) is 6.23. The van der Waals surface area contributed by atoms with Crippen LogP contribution in [0.2, 0.25) is 0 Å². The van der Waals surface area contributed by atoms with E-state index in [4.69, 9.17) is 0 Å². The van der Waals surface area contributed by atoms with Crippen LogP contribution in [0.1, 0.15) is 24.5 Å². The highest BCUT2D eigenvalue weighted by molar-refractivity contribution is 7.99. The average Bonchev–Trinajstić information content (AvgIpc) is 2.18. The summed E-state index contributed by atoms with van der Waals surface area (Å²) < 4.78 is 0.481. The van der Waals surface area contributed by atoms with Crippen LogP contribution in [-0.2, 0) is 12.8 Å². The zero-order chi connectivity index (χ0) is 9.31. The largest absolute Gasteiger partial charge is 0.159 e. The van der Waals surface area contributed by atoms with E-state index >= 15 is 0 Å². The van der Waals surface area contributed by atoms with Gasteiger partial charge >= 0.3 is 0 Å². The third-order valence-electron chi connectivity index (χ3n) is 3.10. The molecule has 0 amide bonds. The van der Waals surface area contributed by atoms with E-state index in [0.717, 1.165) is 0 Å². The average molecular weight is 192 g/mol. The number of rotatable bonds is 1. The Morgan fingerprint density at radius 3 is 2.62 bits per heavy atom. The predicted octanol–water partition coefficient (Wildman–Crippen LogP) is 3.30. The van der Waals surface area contributed by atoms with Crippen LogP contribution in [0.3, 0.4) is 0 Å². The molecule has 1 aliphatic carbocycles. The minimum Gasteiger partial charge on any atom is -0.159 e. The minimum atomic E-state index is 0.481. The molecule has 1 unspecified atom stereocenters. The second-order valence-electron chi connectivity index (χ2n) is 4.10. The van der Waals surface area contributed by atoms with Gasteiger partial charge in [0.25, 0.3) is 0 Å². The van der Waals surface area contributed by atoms with Crippen LogP contribution in [0.5, 0.6) is 0 Å². The van der Waals surface area contributed by atoms with Gasteiger partial charge in [-0.25, -0.2) is 0 Å². The monoisotopic (exact) mass is 192 g/mol. The molecule has 1 aromatic rings. The van der Waals surface area contributed by atoms with E-state index in [1.165, 1.54) is 19.3 Å².